The number of amides is 2. The fourth-order valence-corrected chi connectivity index (χ4v) is 5.48. The smallest absolute Gasteiger partial charge is 0.335 e. The van der Waals surface area contributed by atoms with E-state index >= 15 is 0 Å². The number of likely N-dealkylation sites (tertiary alicyclic amines) is 1. The zero-order chi connectivity index (χ0) is 29.2. The van der Waals surface area contributed by atoms with Crippen molar-refractivity contribution in [1.82, 2.24) is 10.2 Å². The van der Waals surface area contributed by atoms with E-state index in [-0.39, 0.29) is 23.3 Å². The number of carbonyl (C=O) groups excluding carboxylic acids is 2. The minimum Gasteiger partial charge on any atom is -0.478 e. The number of aliphatic hydroxyl groups is 1. The molecule has 1 saturated heterocycles. The molecule has 0 spiro atoms. The van der Waals surface area contributed by atoms with E-state index in [1.54, 1.807) is 47.4 Å². The van der Waals surface area contributed by atoms with Crippen molar-refractivity contribution in [3.05, 3.63) is 94.5 Å². The number of carboxylic acid groups (broad SMARTS) is 1. The summed E-state index contributed by atoms with van der Waals surface area (Å²) in [6, 6.07) is 19.9. The molecule has 0 unspecified atom stereocenters. The van der Waals surface area contributed by atoms with Crippen molar-refractivity contribution < 1.29 is 24.6 Å². The van der Waals surface area contributed by atoms with Gasteiger partial charge in [0.15, 0.2) is 0 Å². The van der Waals surface area contributed by atoms with Crippen LogP contribution in [0.15, 0.2) is 72.8 Å². The van der Waals surface area contributed by atoms with Gasteiger partial charge in [-0.25, -0.2) is 4.79 Å². The third-order valence-corrected chi connectivity index (χ3v) is 8.14. The van der Waals surface area contributed by atoms with Crippen molar-refractivity contribution >= 4 is 29.4 Å². The average molecular weight is 563 g/mol. The number of aromatic carboxylic acids is 1. The first-order valence-corrected chi connectivity index (χ1v) is 13.7. The summed E-state index contributed by atoms with van der Waals surface area (Å²) in [6.07, 6.45) is 0.356. The van der Waals surface area contributed by atoms with Gasteiger partial charge in [0.25, 0.3) is 5.91 Å². The van der Waals surface area contributed by atoms with Crippen LogP contribution in [-0.4, -0.2) is 52.0 Å². The summed E-state index contributed by atoms with van der Waals surface area (Å²) in [5.74, 6) is -1.72. The van der Waals surface area contributed by atoms with Crippen LogP contribution in [0.25, 0.3) is 11.1 Å². The summed E-state index contributed by atoms with van der Waals surface area (Å²) in [6.45, 7) is 8.34. The number of nitrogens with zero attached hydrogens (tertiary/aromatic N) is 1. The lowest BCUT2D eigenvalue weighted by molar-refractivity contribution is -0.155. The van der Waals surface area contributed by atoms with Crippen LogP contribution < -0.4 is 5.32 Å². The molecule has 2 atom stereocenters. The Hall–Kier alpha value is -3.68. The van der Waals surface area contributed by atoms with Crippen molar-refractivity contribution in [2.45, 2.75) is 45.8 Å². The molecule has 210 valence electrons. The standard InChI is InChI=1S/C32H35ClN2O5/c1-20(2)27(29(37)35-17-16-32(40,31(3,4)19-35)25-12-14-26(33)15-13-25)34-28(36)24-7-5-6-23(18-24)21-8-10-22(11-9-21)30(38)39/h5-15,18,20,27,40H,16-17,19H2,1-4H3,(H,34,36)(H,38,39)/t27-,32+/m1/s1. The lowest BCUT2D eigenvalue weighted by Gasteiger charge is -2.51. The van der Waals surface area contributed by atoms with E-state index in [9.17, 15) is 19.5 Å². The zero-order valence-corrected chi connectivity index (χ0v) is 23.9. The van der Waals surface area contributed by atoms with Gasteiger partial charge >= 0.3 is 5.97 Å². The predicted octanol–water partition coefficient (Wildman–Crippen LogP) is 5.61. The Kier molecular flexibility index (Phi) is 8.38. The Bertz CT molecular complexity index is 1400. The average Bonchev–Trinajstić information content (AvgIpc) is 2.93. The Morgan fingerprint density at radius 3 is 2.15 bits per heavy atom. The van der Waals surface area contributed by atoms with Gasteiger partial charge in [0.2, 0.25) is 5.91 Å². The van der Waals surface area contributed by atoms with Crippen molar-refractivity contribution in [3.63, 3.8) is 0 Å². The molecule has 0 saturated carbocycles. The lowest BCUT2D eigenvalue weighted by atomic mass is 9.66. The Balaban J connectivity index is 1.49. The van der Waals surface area contributed by atoms with Gasteiger partial charge in [-0.1, -0.05) is 75.7 Å². The van der Waals surface area contributed by atoms with Gasteiger partial charge in [0.1, 0.15) is 6.04 Å². The number of hydrogen-bond acceptors (Lipinski definition) is 4. The van der Waals surface area contributed by atoms with Gasteiger partial charge in [0.05, 0.1) is 11.2 Å². The molecule has 3 N–H and O–H groups in total. The minimum absolute atomic E-state index is 0.164. The van der Waals surface area contributed by atoms with E-state index in [1.807, 2.05) is 45.9 Å². The molecule has 4 rings (SSSR count). The molecule has 1 fully saturated rings. The third-order valence-electron chi connectivity index (χ3n) is 7.89. The molecule has 1 aliphatic rings. The summed E-state index contributed by atoms with van der Waals surface area (Å²) < 4.78 is 0. The SMILES string of the molecule is CC(C)[C@@H](NC(=O)c1cccc(-c2ccc(C(=O)O)cc2)c1)C(=O)N1CC[C@](O)(c2ccc(Cl)cc2)C(C)(C)C1. The highest BCUT2D eigenvalue weighted by atomic mass is 35.5. The van der Waals surface area contributed by atoms with Gasteiger partial charge < -0.3 is 20.4 Å². The molecule has 0 aliphatic carbocycles. The molecule has 40 heavy (non-hydrogen) atoms. The van der Waals surface area contributed by atoms with E-state index in [0.717, 1.165) is 16.7 Å². The highest BCUT2D eigenvalue weighted by Gasteiger charge is 2.50. The molecule has 0 aromatic heterocycles. The number of halogens is 1. The van der Waals surface area contributed by atoms with Crippen LogP contribution in [-0.2, 0) is 10.4 Å². The number of nitrogens with one attached hydrogen (secondary N) is 1. The third kappa shape index (κ3) is 5.91. The number of rotatable bonds is 7. The predicted molar refractivity (Wildman–Crippen MR) is 155 cm³/mol. The molecule has 8 heteroatoms. The minimum atomic E-state index is -1.13. The van der Waals surface area contributed by atoms with Crippen LogP contribution in [0.1, 0.15) is 60.4 Å². The Morgan fingerprint density at radius 1 is 0.925 bits per heavy atom. The maximum Gasteiger partial charge on any atom is 0.335 e. The van der Waals surface area contributed by atoms with E-state index in [0.29, 0.717) is 30.1 Å². The normalized spacial score (nSPS) is 19.2. The number of carboxylic acids is 1. The molecular weight excluding hydrogens is 528 g/mol. The van der Waals surface area contributed by atoms with E-state index in [2.05, 4.69) is 5.32 Å². The second-order valence-corrected chi connectivity index (χ2v) is 11.9. The molecule has 7 nitrogen and oxygen atoms in total. The first kappa shape index (κ1) is 29.3. The van der Waals surface area contributed by atoms with Crippen molar-refractivity contribution in [3.8, 4) is 11.1 Å². The molecule has 2 amide bonds. The largest absolute Gasteiger partial charge is 0.478 e. The molecule has 3 aromatic carbocycles. The maximum absolute atomic E-state index is 13.7. The molecular formula is C32H35ClN2O5. The summed E-state index contributed by atoms with van der Waals surface area (Å²) in [5.41, 5.74) is 1.10. The first-order valence-electron chi connectivity index (χ1n) is 13.3. The van der Waals surface area contributed by atoms with Crippen molar-refractivity contribution in [2.75, 3.05) is 13.1 Å². The van der Waals surface area contributed by atoms with Gasteiger partial charge in [0, 0.05) is 29.1 Å². The maximum atomic E-state index is 13.7. The second kappa shape index (κ2) is 11.4. The van der Waals surface area contributed by atoms with Crippen molar-refractivity contribution in [1.29, 1.82) is 0 Å². The van der Waals surface area contributed by atoms with Crippen LogP contribution in [0, 0.1) is 11.3 Å². The van der Waals surface area contributed by atoms with Gasteiger partial charge in [-0.05, 0) is 65.4 Å². The van der Waals surface area contributed by atoms with Crippen LogP contribution in [0.2, 0.25) is 5.02 Å². The summed E-state index contributed by atoms with van der Waals surface area (Å²) in [4.78, 5) is 39.9. The number of benzene rings is 3. The van der Waals surface area contributed by atoms with Gasteiger partial charge in [-0.15, -0.1) is 0 Å². The number of hydrogen-bond donors (Lipinski definition) is 3. The second-order valence-electron chi connectivity index (χ2n) is 11.4. The van der Waals surface area contributed by atoms with Crippen molar-refractivity contribution in [2.24, 2.45) is 11.3 Å². The van der Waals surface area contributed by atoms with Crippen LogP contribution in [0.3, 0.4) is 0 Å². The van der Waals surface area contributed by atoms with E-state index in [4.69, 9.17) is 16.7 Å². The van der Waals surface area contributed by atoms with Gasteiger partial charge in [-0.2, -0.15) is 0 Å². The molecule has 0 bridgehead atoms. The Morgan fingerprint density at radius 2 is 1.57 bits per heavy atom. The quantitative estimate of drug-likeness (QED) is 0.347. The van der Waals surface area contributed by atoms with Gasteiger partial charge in [-0.3, -0.25) is 9.59 Å². The number of carbonyl (C=O) groups is 3. The topological polar surface area (TPSA) is 107 Å². The zero-order valence-electron chi connectivity index (χ0n) is 23.1. The summed E-state index contributed by atoms with van der Waals surface area (Å²) >= 11 is 6.05. The highest BCUT2D eigenvalue weighted by molar-refractivity contribution is 6.30. The monoisotopic (exact) mass is 562 g/mol. The van der Waals surface area contributed by atoms with E-state index < -0.39 is 23.0 Å². The first-order chi connectivity index (χ1) is 18.8. The van der Waals surface area contributed by atoms with Crippen LogP contribution >= 0.6 is 11.6 Å². The highest BCUT2D eigenvalue weighted by Crippen LogP contribution is 2.46. The summed E-state index contributed by atoms with van der Waals surface area (Å²) in [5, 5.41) is 24.4. The fourth-order valence-electron chi connectivity index (χ4n) is 5.35. The summed E-state index contributed by atoms with van der Waals surface area (Å²) in [7, 11) is 0. The molecule has 0 radical (unpaired) electrons. The molecule has 1 aliphatic heterocycles. The Labute approximate surface area is 239 Å². The molecule has 1 heterocycles. The fraction of sp³-hybridized carbons (Fsp3) is 0.344. The van der Waals surface area contributed by atoms with Crippen LogP contribution in [0.4, 0.5) is 0 Å². The van der Waals surface area contributed by atoms with Crippen LogP contribution in [0.5, 0.6) is 0 Å². The van der Waals surface area contributed by atoms with E-state index in [1.165, 1.54) is 12.1 Å². The molecule has 3 aromatic rings. The number of piperidine rings is 1. The lowest BCUT2D eigenvalue weighted by Crippen LogP contribution is -2.60.